The first-order chi connectivity index (χ1) is 15.0. The van der Waals surface area contributed by atoms with E-state index >= 15 is 0 Å². The summed E-state index contributed by atoms with van der Waals surface area (Å²) in [5, 5.41) is 22.9. The SMILES string of the molecule is Nc1cc(F)ccc1C(O)C(O)CNC(=O)OCC1c2ccccc2-c2ccccc21. The second-order valence-electron chi connectivity index (χ2n) is 7.49. The summed E-state index contributed by atoms with van der Waals surface area (Å²) in [5.41, 5.74) is 10.3. The summed E-state index contributed by atoms with van der Waals surface area (Å²) >= 11 is 0. The van der Waals surface area contributed by atoms with E-state index in [1.54, 1.807) is 0 Å². The molecule has 0 radical (unpaired) electrons. The largest absolute Gasteiger partial charge is 0.449 e. The first-order valence-corrected chi connectivity index (χ1v) is 9.95. The van der Waals surface area contributed by atoms with Crippen molar-refractivity contribution in [2.75, 3.05) is 18.9 Å². The third-order valence-corrected chi connectivity index (χ3v) is 5.53. The molecule has 2 atom stereocenters. The van der Waals surface area contributed by atoms with Crippen LogP contribution in [0.3, 0.4) is 0 Å². The summed E-state index contributed by atoms with van der Waals surface area (Å²) in [6, 6.07) is 19.5. The molecule has 3 aromatic carbocycles. The molecule has 0 saturated carbocycles. The Bertz CT molecular complexity index is 1060. The summed E-state index contributed by atoms with van der Waals surface area (Å²) in [6.07, 6.45) is -3.43. The lowest BCUT2D eigenvalue weighted by Gasteiger charge is -2.20. The van der Waals surface area contributed by atoms with E-state index < -0.39 is 24.1 Å². The van der Waals surface area contributed by atoms with Crippen LogP contribution in [0, 0.1) is 5.82 Å². The van der Waals surface area contributed by atoms with Crippen molar-refractivity contribution >= 4 is 11.8 Å². The quantitative estimate of drug-likeness (QED) is 0.456. The van der Waals surface area contributed by atoms with Crippen LogP contribution in [0.1, 0.15) is 28.7 Å². The maximum absolute atomic E-state index is 13.2. The lowest BCUT2D eigenvalue weighted by molar-refractivity contribution is 0.0189. The summed E-state index contributed by atoms with van der Waals surface area (Å²) < 4.78 is 18.6. The van der Waals surface area contributed by atoms with Crippen LogP contribution in [0.25, 0.3) is 11.1 Å². The van der Waals surface area contributed by atoms with Crippen molar-refractivity contribution in [1.29, 1.82) is 0 Å². The number of hydrogen-bond donors (Lipinski definition) is 4. The maximum Gasteiger partial charge on any atom is 0.407 e. The van der Waals surface area contributed by atoms with Gasteiger partial charge in [0.05, 0.1) is 0 Å². The van der Waals surface area contributed by atoms with Gasteiger partial charge in [-0.1, -0.05) is 54.6 Å². The smallest absolute Gasteiger partial charge is 0.407 e. The van der Waals surface area contributed by atoms with E-state index in [0.29, 0.717) is 0 Å². The molecular weight excluding hydrogens is 399 g/mol. The predicted molar refractivity (Wildman–Crippen MR) is 115 cm³/mol. The molecule has 160 valence electrons. The lowest BCUT2D eigenvalue weighted by Crippen LogP contribution is -2.36. The monoisotopic (exact) mass is 422 g/mol. The highest BCUT2D eigenvalue weighted by atomic mass is 19.1. The number of nitrogens with one attached hydrogen (secondary N) is 1. The first kappa shape index (κ1) is 20.8. The molecule has 1 aliphatic carbocycles. The molecule has 0 heterocycles. The van der Waals surface area contributed by atoms with Crippen molar-refractivity contribution in [2.24, 2.45) is 0 Å². The third-order valence-electron chi connectivity index (χ3n) is 5.53. The van der Waals surface area contributed by atoms with Gasteiger partial charge in [-0.25, -0.2) is 9.18 Å². The number of nitrogens with two attached hydrogens (primary N) is 1. The molecule has 0 aromatic heterocycles. The van der Waals surface area contributed by atoms with Gasteiger partial charge in [0.1, 0.15) is 24.6 Å². The van der Waals surface area contributed by atoms with Crippen molar-refractivity contribution in [3.63, 3.8) is 0 Å². The van der Waals surface area contributed by atoms with E-state index in [-0.39, 0.29) is 30.3 Å². The lowest BCUT2D eigenvalue weighted by atomic mass is 9.98. The number of anilines is 1. The Kier molecular flexibility index (Phi) is 5.88. The van der Waals surface area contributed by atoms with Crippen LogP contribution in [-0.4, -0.2) is 35.6 Å². The van der Waals surface area contributed by atoms with Gasteiger partial charge >= 0.3 is 6.09 Å². The van der Waals surface area contributed by atoms with Crippen molar-refractivity contribution < 1.29 is 24.1 Å². The molecule has 31 heavy (non-hydrogen) atoms. The molecule has 0 bridgehead atoms. The first-order valence-electron chi connectivity index (χ1n) is 9.95. The number of aliphatic hydroxyl groups excluding tert-OH is 2. The number of nitrogen functional groups attached to an aromatic ring is 1. The molecule has 3 aromatic rings. The van der Waals surface area contributed by atoms with Crippen LogP contribution in [0.4, 0.5) is 14.9 Å². The number of carbonyl (C=O) groups is 1. The van der Waals surface area contributed by atoms with E-state index in [1.165, 1.54) is 6.07 Å². The zero-order valence-corrected chi connectivity index (χ0v) is 16.7. The number of carbonyl (C=O) groups excluding carboxylic acids is 1. The molecule has 0 fully saturated rings. The average Bonchev–Trinajstić information content (AvgIpc) is 3.09. The number of amides is 1. The van der Waals surface area contributed by atoms with Crippen LogP contribution < -0.4 is 11.1 Å². The Balaban J connectivity index is 1.35. The number of halogens is 1. The fraction of sp³-hybridized carbons (Fsp3) is 0.208. The summed E-state index contributed by atoms with van der Waals surface area (Å²) in [7, 11) is 0. The van der Waals surface area contributed by atoms with E-state index in [9.17, 15) is 19.4 Å². The summed E-state index contributed by atoms with van der Waals surface area (Å²) in [4.78, 5) is 12.2. The van der Waals surface area contributed by atoms with Gasteiger partial charge in [0.25, 0.3) is 0 Å². The highest BCUT2D eigenvalue weighted by molar-refractivity contribution is 5.79. The zero-order valence-electron chi connectivity index (χ0n) is 16.7. The fourth-order valence-corrected chi connectivity index (χ4v) is 3.97. The molecule has 6 nitrogen and oxygen atoms in total. The maximum atomic E-state index is 13.2. The van der Waals surface area contributed by atoms with Gasteiger partial charge in [-0.2, -0.15) is 0 Å². The number of benzene rings is 3. The Morgan fingerprint density at radius 1 is 1.03 bits per heavy atom. The van der Waals surface area contributed by atoms with Crippen LogP contribution >= 0.6 is 0 Å². The Morgan fingerprint density at radius 2 is 1.65 bits per heavy atom. The zero-order chi connectivity index (χ0) is 22.0. The van der Waals surface area contributed by atoms with Gasteiger partial charge in [-0.05, 0) is 34.4 Å². The van der Waals surface area contributed by atoms with E-state index in [2.05, 4.69) is 5.32 Å². The molecule has 1 amide bonds. The van der Waals surface area contributed by atoms with Gasteiger partial charge in [0.2, 0.25) is 0 Å². The second-order valence-corrected chi connectivity index (χ2v) is 7.49. The van der Waals surface area contributed by atoms with Crippen LogP contribution in [0.5, 0.6) is 0 Å². The minimum absolute atomic E-state index is 0.0210. The highest BCUT2D eigenvalue weighted by Crippen LogP contribution is 2.44. The Morgan fingerprint density at radius 3 is 2.26 bits per heavy atom. The minimum Gasteiger partial charge on any atom is -0.449 e. The summed E-state index contributed by atoms with van der Waals surface area (Å²) in [5.74, 6) is -0.618. The number of aliphatic hydroxyl groups is 2. The van der Waals surface area contributed by atoms with E-state index in [1.807, 2.05) is 48.5 Å². The number of alkyl carbamates (subject to hydrolysis) is 1. The van der Waals surface area contributed by atoms with Gasteiger partial charge < -0.3 is 26.0 Å². The molecule has 5 N–H and O–H groups in total. The number of fused-ring (bicyclic) bond motifs is 3. The van der Waals surface area contributed by atoms with Crippen LogP contribution in [0.15, 0.2) is 66.7 Å². The van der Waals surface area contributed by atoms with Gasteiger partial charge in [0.15, 0.2) is 0 Å². The average molecular weight is 422 g/mol. The molecule has 0 spiro atoms. The predicted octanol–water partition coefficient (Wildman–Crippen LogP) is 3.34. The molecule has 4 rings (SSSR count). The van der Waals surface area contributed by atoms with Crippen LogP contribution in [-0.2, 0) is 4.74 Å². The number of hydrogen-bond acceptors (Lipinski definition) is 5. The van der Waals surface area contributed by atoms with Gasteiger partial charge in [0, 0.05) is 23.7 Å². The molecule has 1 aliphatic rings. The van der Waals surface area contributed by atoms with E-state index in [4.69, 9.17) is 10.5 Å². The number of ether oxygens (including phenoxy) is 1. The van der Waals surface area contributed by atoms with Gasteiger partial charge in [-0.15, -0.1) is 0 Å². The van der Waals surface area contributed by atoms with Crippen molar-refractivity contribution in [3.05, 3.63) is 89.2 Å². The molecule has 0 saturated heterocycles. The third kappa shape index (κ3) is 4.23. The minimum atomic E-state index is -1.38. The molecule has 0 aliphatic heterocycles. The molecule has 2 unspecified atom stereocenters. The van der Waals surface area contributed by atoms with Crippen molar-refractivity contribution in [1.82, 2.24) is 5.32 Å². The highest BCUT2D eigenvalue weighted by Gasteiger charge is 2.29. The van der Waals surface area contributed by atoms with Crippen molar-refractivity contribution in [3.8, 4) is 11.1 Å². The standard InChI is InChI=1S/C24H23FN2O4/c25-14-9-10-19(21(26)11-14)23(29)22(28)12-27-24(30)31-13-20-17-7-3-1-5-15(17)16-6-2-4-8-18(16)20/h1-11,20,22-23,28-29H,12-13,26H2,(H,27,30). The Hall–Kier alpha value is -3.42. The second kappa shape index (κ2) is 8.75. The van der Waals surface area contributed by atoms with E-state index in [0.717, 1.165) is 34.4 Å². The topological polar surface area (TPSA) is 105 Å². The summed E-state index contributed by atoms with van der Waals surface area (Å²) in [6.45, 7) is -0.113. The van der Waals surface area contributed by atoms with Crippen LogP contribution in [0.2, 0.25) is 0 Å². The van der Waals surface area contributed by atoms with Gasteiger partial charge in [-0.3, -0.25) is 0 Å². The Labute approximate surface area is 179 Å². The van der Waals surface area contributed by atoms with Crippen molar-refractivity contribution in [2.45, 2.75) is 18.1 Å². The molecule has 7 heteroatoms. The fourth-order valence-electron chi connectivity index (χ4n) is 3.97. The normalized spacial score (nSPS) is 14.4. The number of rotatable bonds is 6. The molecular formula is C24H23FN2O4.